The van der Waals surface area contributed by atoms with Gasteiger partial charge in [0.05, 0.1) is 12.2 Å². The Morgan fingerprint density at radius 2 is 1.86 bits per heavy atom. The van der Waals surface area contributed by atoms with Gasteiger partial charge in [-0.15, -0.1) is 0 Å². The van der Waals surface area contributed by atoms with Crippen molar-refractivity contribution in [2.75, 3.05) is 18.7 Å². The molecule has 0 aliphatic carbocycles. The number of benzene rings is 2. The Kier molecular flexibility index (Phi) is 6.03. The number of amides is 2. The van der Waals surface area contributed by atoms with Crippen molar-refractivity contribution in [1.82, 2.24) is 5.32 Å². The number of fused-ring (bicyclic) bond motifs is 1. The van der Waals surface area contributed by atoms with Crippen molar-refractivity contribution >= 4 is 17.5 Å². The molecule has 2 aromatic rings. The second-order valence-electron chi connectivity index (χ2n) is 6.68. The summed E-state index contributed by atoms with van der Waals surface area (Å²) in [7, 11) is 0. The molecule has 2 amide bonds. The third kappa shape index (κ3) is 4.36. The van der Waals surface area contributed by atoms with Gasteiger partial charge in [0.25, 0.3) is 5.91 Å². The quantitative estimate of drug-likeness (QED) is 0.766. The first-order valence-corrected chi connectivity index (χ1v) is 9.22. The summed E-state index contributed by atoms with van der Waals surface area (Å²) in [5, 5.41) is 5.65. The first kappa shape index (κ1) is 19.5. The maximum atomic E-state index is 12.8. The highest BCUT2D eigenvalue weighted by Gasteiger charge is 2.26. The molecule has 0 radical (unpaired) electrons. The molecular weight excluding hydrogens is 360 g/mol. The van der Waals surface area contributed by atoms with Gasteiger partial charge < -0.3 is 24.8 Å². The van der Waals surface area contributed by atoms with Crippen molar-refractivity contribution < 1.29 is 23.8 Å². The number of hydrogen-bond donors (Lipinski definition) is 2. The van der Waals surface area contributed by atoms with Crippen molar-refractivity contribution in [2.45, 2.75) is 26.8 Å². The Morgan fingerprint density at radius 1 is 1.11 bits per heavy atom. The summed E-state index contributed by atoms with van der Waals surface area (Å²) in [6.07, 6.45) is 0. The highest BCUT2D eigenvalue weighted by atomic mass is 16.7. The van der Waals surface area contributed by atoms with Crippen molar-refractivity contribution in [3.8, 4) is 17.2 Å². The van der Waals surface area contributed by atoms with Crippen LogP contribution >= 0.6 is 0 Å². The second kappa shape index (κ2) is 8.65. The number of rotatable bonds is 7. The minimum Gasteiger partial charge on any atom is -0.493 e. The third-order valence-corrected chi connectivity index (χ3v) is 4.31. The number of ether oxygens (including phenoxy) is 3. The number of hydrogen-bond acceptors (Lipinski definition) is 5. The summed E-state index contributed by atoms with van der Waals surface area (Å²) >= 11 is 0. The van der Waals surface area contributed by atoms with Gasteiger partial charge in [0.1, 0.15) is 11.8 Å². The Bertz CT molecular complexity index is 866. The van der Waals surface area contributed by atoms with Gasteiger partial charge in [-0.05, 0) is 37.1 Å². The number of carbonyl (C=O) groups excluding carboxylic acids is 2. The normalized spacial score (nSPS) is 13.1. The Labute approximate surface area is 164 Å². The number of nitrogens with one attached hydrogen (secondary N) is 2. The Balaban J connectivity index is 1.72. The molecule has 7 nitrogen and oxygen atoms in total. The van der Waals surface area contributed by atoms with Gasteiger partial charge in [-0.25, -0.2) is 0 Å². The average Bonchev–Trinajstić information content (AvgIpc) is 3.14. The van der Waals surface area contributed by atoms with Gasteiger partial charge >= 0.3 is 0 Å². The maximum absolute atomic E-state index is 12.8. The number of anilines is 1. The van der Waals surface area contributed by atoms with Crippen LogP contribution in [0, 0.1) is 5.92 Å². The lowest BCUT2D eigenvalue weighted by Gasteiger charge is -2.22. The van der Waals surface area contributed by atoms with Crippen LogP contribution in [-0.4, -0.2) is 31.3 Å². The molecule has 1 unspecified atom stereocenters. The van der Waals surface area contributed by atoms with Crippen molar-refractivity contribution in [3.05, 3.63) is 48.0 Å². The van der Waals surface area contributed by atoms with E-state index in [1.54, 1.807) is 42.5 Å². The number of para-hydroxylation sites is 1. The van der Waals surface area contributed by atoms with Gasteiger partial charge in [0.2, 0.25) is 12.7 Å². The zero-order valence-corrected chi connectivity index (χ0v) is 16.2. The molecule has 2 aromatic carbocycles. The molecule has 28 heavy (non-hydrogen) atoms. The molecule has 3 rings (SSSR count). The van der Waals surface area contributed by atoms with E-state index < -0.39 is 6.04 Å². The zero-order chi connectivity index (χ0) is 20.1. The van der Waals surface area contributed by atoms with Gasteiger partial charge in [-0.3, -0.25) is 9.59 Å². The van der Waals surface area contributed by atoms with E-state index in [9.17, 15) is 9.59 Å². The fourth-order valence-electron chi connectivity index (χ4n) is 2.88. The van der Waals surface area contributed by atoms with Crippen LogP contribution in [0.3, 0.4) is 0 Å². The second-order valence-corrected chi connectivity index (χ2v) is 6.68. The fourth-order valence-corrected chi connectivity index (χ4v) is 2.88. The van der Waals surface area contributed by atoms with Gasteiger partial charge in [0, 0.05) is 11.8 Å². The molecule has 1 heterocycles. The van der Waals surface area contributed by atoms with E-state index in [-0.39, 0.29) is 24.5 Å². The highest BCUT2D eigenvalue weighted by Crippen LogP contribution is 2.34. The predicted molar refractivity (Wildman–Crippen MR) is 105 cm³/mol. The number of carbonyl (C=O) groups is 2. The lowest BCUT2D eigenvalue weighted by atomic mass is 10.0. The standard InChI is InChI=1S/C21H24N2O5/c1-4-26-16-8-6-5-7-15(16)20(24)23-19(13(2)3)21(25)22-14-9-10-17-18(11-14)28-12-27-17/h5-11,13,19H,4,12H2,1-3H3,(H,22,25)(H,23,24). The van der Waals surface area contributed by atoms with E-state index in [0.717, 1.165) is 0 Å². The highest BCUT2D eigenvalue weighted by molar-refractivity contribution is 6.02. The first-order valence-electron chi connectivity index (χ1n) is 9.22. The van der Waals surface area contributed by atoms with E-state index in [1.165, 1.54) is 0 Å². The van der Waals surface area contributed by atoms with Crippen LogP contribution in [0.15, 0.2) is 42.5 Å². The van der Waals surface area contributed by atoms with Crippen LogP contribution in [0.4, 0.5) is 5.69 Å². The maximum Gasteiger partial charge on any atom is 0.255 e. The van der Waals surface area contributed by atoms with Crippen LogP contribution in [-0.2, 0) is 4.79 Å². The Morgan fingerprint density at radius 3 is 2.61 bits per heavy atom. The van der Waals surface area contributed by atoms with Gasteiger partial charge in [0.15, 0.2) is 11.5 Å². The minimum atomic E-state index is -0.715. The largest absolute Gasteiger partial charge is 0.493 e. The zero-order valence-electron chi connectivity index (χ0n) is 16.2. The van der Waals surface area contributed by atoms with Gasteiger partial charge in [-0.2, -0.15) is 0 Å². The molecule has 7 heteroatoms. The van der Waals surface area contributed by atoms with Crippen LogP contribution in [0.25, 0.3) is 0 Å². The Hall–Kier alpha value is -3.22. The van der Waals surface area contributed by atoms with E-state index in [4.69, 9.17) is 14.2 Å². The summed E-state index contributed by atoms with van der Waals surface area (Å²) in [5.41, 5.74) is 0.967. The molecule has 0 spiro atoms. The predicted octanol–water partition coefficient (Wildman–Crippen LogP) is 3.21. The fraction of sp³-hybridized carbons (Fsp3) is 0.333. The van der Waals surface area contributed by atoms with Crippen LogP contribution in [0.1, 0.15) is 31.1 Å². The van der Waals surface area contributed by atoms with Gasteiger partial charge in [-0.1, -0.05) is 26.0 Å². The van der Waals surface area contributed by atoms with Crippen LogP contribution < -0.4 is 24.8 Å². The average molecular weight is 384 g/mol. The molecular formula is C21H24N2O5. The third-order valence-electron chi connectivity index (χ3n) is 4.31. The lowest BCUT2D eigenvalue weighted by molar-refractivity contribution is -0.118. The van der Waals surface area contributed by atoms with Crippen LogP contribution in [0.2, 0.25) is 0 Å². The van der Waals surface area contributed by atoms with Crippen molar-refractivity contribution in [3.63, 3.8) is 0 Å². The molecule has 1 aliphatic rings. The monoisotopic (exact) mass is 384 g/mol. The van der Waals surface area contributed by atoms with E-state index >= 15 is 0 Å². The SMILES string of the molecule is CCOc1ccccc1C(=O)NC(C(=O)Nc1ccc2c(c1)OCO2)C(C)C. The minimum absolute atomic E-state index is 0.114. The molecule has 148 valence electrons. The molecule has 2 N–H and O–H groups in total. The molecule has 0 aromatic heterocycles. The summed E-state index contributed by atoms with van der Waals surface area (Å²) in [6.45, 7) is 6.21. The topological polar surface area (TPSA) is 85.9 Å². The molecule has 1 aliphatic heterocycles. The first-order chi connectivity index (χ1) is 13.5. The van der Waals surface area contributed by atoms with E-state index in [0.29, 0.717) is 35.1 Å². The van der Waals surface area contributed by atoms with Crippen LogP contribution in [0.5, 0.6) is 17.2 Å². The smallest absolute Gasteiger partial charge is 0.255 e. The summed E-state index contributed by atoms with van der Waals surface area (Å²) in [4.78, 5) is 25.6. The molecule has 0 bridgehead atoms. The van der Waals surface area contributed by atoms with Crippen molar-refractivity contribution in [2.24, 2.45) is 5.92 Å². The lowest BCUT2D eigenvalue weighted by Crippen LogP contribution is -2.47. The summed E-state index contributed by atoms with van der Waals surface area (Å²) < 4.78 is 16.1. The summed E-state index contributed by atoms with van der Waals surface area (Å²) in [6, 6.07) is 11.4. The van der Waals surface area contributed by atoms with Crippen molar-refractivity contribution in [1.29, 1.82) is 0 Å². The van der Waals surface area contributed by atoms with E-state index in [2.05, 4.69) is 10.6 Å². The summed E-state index contributed by atoms with van der Waals surface area (Å²) in [5.74, 6) is 0.922. The molecule has 0 saturated heterocycles. The molecule has 1 atom stereocenters. The molecule has 0 saturated carbocycles. The van der Waals surface area contributed by atoms with E-state index in [1.807, 2.05) is 20.8 Å². The molecule has 0 fully saturated rings.